The van der Waals surface area contributed by atoms with Crippen LogP contribution >= 0.6 is 12.6 Å². The zero-order chi connectivity index (χ0) is 13.4. The number of carboxylic acids is 1. The Labute approximate surface area is 105 Å². The minimum Gasteiger partial charge on any atom is -0.481 e. The van der Waals surface area contributed by atoms with Crippen LogP contribution in [-0.4, -0.2) is 55.0 Å². The van der Waals surface area contributed by atoms with Gasteiger partial charge in [-0.05, 0) is 0 Å². The number of nitrogens with one attached hydrogen (secondary N) is 2. The fourth-order valence-corrected chi connectivity index (χ4v) is 1.08. The largest absolute Gasteiger partial charge is 0.481 e. The van der Waals surface area contributed by atoms with Gasteiger partial charge in [0.05, 0.1) is 6.42 Å². The first-order chi connectivity index (χ1) is 7.88. The summed E-state index contributed by atoms with van der Waals surface area (Å²) in [6, 6.07) is -1.16. The Kier molecular flexibility index (Phi) is 7.39. The van der Waals surface area contributed by atoms with E-state index in [1.165, 1.54) is 0 Å². The molecule has 0 rings (SSSR count). The number of hydrogen-bond acceptors (Lipinski definition) is 5. The number of carboxylic acid groups (broad SMARTS) is 1. The highest BCUT2D eigenvalue weighted by Gasteiger charge is 2.24. The summed E-state index contributed by atoms with van der Waals surface area (Å²) in [6.45, 7) is 0.282. The molecule has 0 spiro atoms. The SMILES string of the molecule is [BH]C(N)C(=O)NC(CC(=O)O)C(=O)NCCS. The monoisotopic (exact) mass is 260 g/mol. The molecular weight excluding hydrogens is 245 g/mol. The Hall–Kier alpha value is -1.22. The molecule has 0 heterocycles. The van der Waals surface area contributed by atoms with Crippen LogP contribution in [0.3, 0.4) is 0 Å². The highest BCUT2D eigenvalue weighted by molar-refractivity contribution is 7.80. The molecule has 0 saturated carbocycles. The Bertz CT molecular complexity index is 300. The minimum atomic E-state index is -1.20. The summed E-state index contributed by atoms with van der Waals surface area (Å²) in [5.74, 6) is -3.11. The standard InChI is InChI=1S/C8H15BN3O4S/c9-6(10)8(16)12-4(3-5(13)14)7(15)11-1-2-17/h4,6,9,17H,1-3,10H2,(H,11,15)(H,12,16)(H,13,14). The van der Waals surface area contributed by atoms with E-state index < -0.39 is 36.2 Å². The van der Waals surface area contributed by atoms with Crippen molar-refractivity contribution in [2.75, 3.05) is 12.3 Å². The number of rotatable bonds is 7. The predicted octanol–water partition coefficient (Wildman–Crippen LogP) is -2.82. The first-order valence-electron chi connectivity index (χ1n) is 4.88. The number of nitrogens with two attached hydrogens (primary N) is 1. The fraction of sp³-hybridized carbons (Fsp3) is 0.625. The molecule has 0 aliphatic rings. The lowest BCUT2D eigenvalue weighted by Crippen LogP contribution is -2.52. The first kappa shape index (κ1) is 15.8. The number of hydrogen-bond donors (Lipinski definition) is 5. The number of aliphatic carboxylic acids is 1. The quantitative estimate of drug-likeness (QED) is 0.249. The minimum absolute atomic E-state index is 0.282. The van der Waals surface area contributed by atoms with Gasteiger partial charge in [-0.15, -0.1) is 0 Å². The van der Waals surface area contributed by atoms with Crippen LogP contribution in [0.25, 0.3) is 0 Å². The second-order valence-corrected chi connectivity index (χ2v) is 3.73. The van der Waals surface area contributed by atoms with E-state index in [2.05, 4.69) is 31.1 Å². The second-order valence-electron chi connectivity index (χ2n) is 3.28. The van der Waals surface area contributed by atoms with Crippen LogP contribution in [0.1, 0.15) is 6.42 Å². The molecule has 0 bridgehead atoms. The average molecular weight is 260 g/mol. The number of thiol groups is 1. The molecular formula is C8H15BN3O4S. The Morgan fingerprint density at radius 2 is 1.94 bits per heavy atom. The van der Waals surface area contributed by atoms with Gasteiger partial charge in [-0.1, -0.05) is 0 Å². The summed E-state index contributed by atoms with van der Waals surface area (Å²) in [6.07, 6.45) is -0.517. The van der Waals surface area contributed by atoms with E-state index >= 15 is 0 Å². The molecule has 2 atom stereocenters. The number of amides is 2. The van der Waals surface area contributed by atoms with Gasteiger partial charge in [-0.2, -0.15) is 12.6 Å². The van der Waals surface area contributed by atoms with Crippen molar-refractivity contribution in [2.24, 2.45) is 5.73 Å². The zero-order valence-corrected chi connectivity index (χ0v) is 10.1. The predicted molar refractivity (Wildman–Crippen MR) is 66.2 cm³/mol. The van der Waals surface area contributed by atoms with Crippen LogP contribution < -0.4 is 16.4 Å². The summed E-state index contributed by atoms with van der Waals surface area (Å²) in [7, 11) is 3.27. The maximum atomic E-state index is 11.5. The molecule has 5 N–H and O–H groups in total. The van der Waals surface area contributed by atoms with Crippen molar-refractivity contribution >= 4 is 38.3 Å². The topological polar surface area (TPSA) is 122 Å². The maximum Gasteiger partial charge on any atom is 0.305 e. The van der Waals surface area contributed by atoms with Crippen molar-refractivity contribution in [3.05, 3.63) is 0 Å². The molecule has 0 aliphatic heterocycles. The molecule has 0 fully saturated rings. The zero-order valence-electron chi connectivity index (χ0n) is 9.18. The van der Waals surface area contributed by atoms with Gasteiger partial charge in [-0.3, -0.25) is 14.4 Å². The van der Waals surface area contributed by atoms with Crippen molar-refractivity contribution in [1.29, 1.82) is 0 Å². The summed E-state index contributed by atoms with van der Waals surface area (Å²) >= 11 is 3.89. The van der Waals surface area contributed by atoms with Crippen molar-refractivity contribution < 1.29 is 19.5 Å². The van der Waals surface area contributed by atoms with Gasteiger partial charge in [0.2, 0.25) is 11.8 Å². The average Bonchev–Trinajstić information content (AvgIpc) is 2.23. The molecule has 95 valence electrons. The Morgan fingerprint density at radius 1 is 1.35 bits per heavy atom. The third-order valence-corrected chi connectivity index (χ3v) is 1.98. The van der Waals surface area contributed by atoms with E-state index in [1.807, 2.05) is 0 Å². The highest BCUT2D eigenvalue weighted by atomic mass is 32.1. The Balaban J connectivity index is 4.47. The van der Waals surface area contributed by atoms with Gasteiger partial charge in [-0.25, -0.2) is 0 Å². The van der Waals surface area contributed by atoms with Crippen LogP contribution in [0.2, 0.25) is 0 Å². The fourth-order valence-electron chi connectivity index (χ4n) is 0.965. The Morgan fingerprint density at radius 3 is 2.35 bits per heavy atom. The van der Waals surface area contributed by atoms with Gasteiger partial charge in [0.15, 0.2) is 0 Å². The van der Waals surface area contributed by atoms with Gasteiger partial charge in [0.1, 0.15) is 13.9 Å². The molecule has 0 aliphatic carbocycles. The summed E-state index contributed by atoms with van der Waals surface area (Å²) < 4.78 is 0. The van der Waals surface area contributed by atoms with Crippen LogP contribution in [0.4, 0.5) is 0 Å². The van der Waals surface area contributed by atoms with E-state index in [-0.39, 0.29) is 6.54 Å². The van der Waals surface area contributed by atoms with Crippen LogP contribution in [0, 0.1) is 0 Å². The molecule has 0 aromatic carbocycles. The van der Waals surface area contributed by atoms with Gasteiger partial charge in [0, 0.05) is 18.2 Å². The molecule has 17 heavy (non-hydrogen) atoms. The molecule has 2 unspecified atom stereocenters. The van der Waals surface area contributed by atoms with Crippen molar-refractivity contribution in [3.8, 4) is 0 Å². The summed E-state index contributed by atoms with van der Waals surface area (Å²) in [5.41, 5.74) is 5.20. The third-order valence-electron chi connectivity index (χ3n) is 1.76. The van der Waals surface area contributed by atoms with Gasteiger partial charge < -0.3 is 21.5 Å². The number of carbonyl (C=O) groups excluding carboxylic acids is 2. The lowest BCUT2D eigenvalue weighted by Gasteiger charge is -2.17. The lowest BCUT2D eigenvalue weighted by molar-refractivity contribution is -0.140. The van der Waals surface area contributed by atoms with Crippen LogP contribution in [0.15, 0.2) is 0 Å². The van der Waals surface area contributed by atoms with Crippen LogP contribution in [-0.2, 0) is 14.4 Å². The smallest absolute Gasteiger partial charge is 0.305 e. The van der Waals surface area contributed by atoms with E-state index in [9.17, 15) is 14.4 Å². The van der Waals surface area contributed by atoms with E-state index in [1.54, 1.807) is 0 Å². The molecule has 2 amide bonds. The molecule has 0 saturated heterocycles. The van der Waals surface area contributed by atoms with Crippen molar-refractivity contribution in [3.63, 3.8) is 0 Å². The summed E-state index contributed by atoms with van der Waals surface area (Å²) in [4.78, 5) is 33.3. The van der Waals surface area contributed by atoms with Gasteiger partial charge in [0.25, 0.3) is 0 Å². The first-order valence-corrected chi connectivity index (χ1v) is 5.51. The normalized spacial score (nSPS) is 13.5. The van der Waals surface area contributed by atoms with E-state index in [4.69, 9.17) is 10.8 Å². The number of carbonyl (C=O) groups is 3. The lowest BCUT2D eigenvalue weighted by atomic mass is 9.96. The van der Waals surface area contributed by atoms with Crippen molar-refractivity contribution in [2.45, 2.75) is 18.4 Å². The van der Waals surface area contributed by atoms with Crippen LogP contribution in [0.5, 0.6) is 0 Å². The maximum absolute atomic E-state index is 11.5. The second kappa shape index (κ2) is 7.96. The third kappa shape index (κ3) is 6.85. The van der Waals surface area contributed by atoms with Crippen molar-refractivity contribution in [1.82, 2.24) is 10.6 Å². The highest BCUT2D eigenvalue weighted by Crippen LogP contribution is 1.94. The molecule has 0 aromatic rings. The van der Waals surface area contributed by atoms with E-state index in [0.29, 0.717) is 5.75 Å². The summed E-state index contributed by atoms with van der Waals surface area (Å²) in [5, 5.41) is 13.3. The van der Waals surface area contributed by atoms with Gasteiger partial charge >= 0.3 is 5.97 Å². The molecule has 9 heteroatoms. The van der Waals surface area contributed by atoms with E-state index in [0.717, 1.165) is 0 Å². The molecule has 7 nitrogen and oxygen atoms in total. The molecule has 1 radical (unpaired) electrons. The molecule has 0 aromatic heterocycles.